The SMILES string of the molecule is CCOC(=O)Nc1cccc(C(=O)NCc2ccccc2CN2CCCC2)c1. The van der Waals surface area contributed by atoms with E-state index >= 15 is 0 Å². The molecule has 28 heavy (non-hydrogen) atoms. The molecule has 0 radical (unpaired) electrons. The van der Waals surface area contributed by atoms with Crippen LogP contribution in [0.3, 0.4) is 0 Å². The molecule has 2 aromatic carbocycles. The van der Waals surface area contributed by atoms with E-state index in [2.05, 4.69) is 27.7 Å². The van der Waals surface area contributed by atoms with Crippen LogP contribution in [-0.4, -0.2) is 36.6 Å². The molecule has 0 unspecified atom stereocenters. The lowest BCUT2D eigenvalue weighted by atomic mass is 10.1. The molecular weight excluding hydrogens is 354 g/mol. The van der Waals surface area contributed by atoms with Gasteiger partial charge in [0.25, 0.3) is 5.91 Å². The molecule has 1 fully saturated rings. The summed E-state index contributed by atoms with van der Waals surface area (Å²) < 4.78 is 4.86. The van der Waals surface area contributed by atoms with Crippen molar-refractivity contribution >= 4 is 17.7 Å². The molecular formula is C22H27N3O3. The van der Waals surface area contributed by atoms with Gasteiger partial charge in [-0.15, -0.1) is 0 Å². The number of carbonyl (C=O) groups is 2. The molecule has 6 heteroatoms. The van der Waals surface area contributed by atoms with Crippen LogP contribution in [0, 0.1) is 0 Å². The molecule has 6 nitrogen and oxygen atoms in total. The van der Waals surface area contributed by atoms with Crippen molar-refractivity contribution in [1.82, 2.24) is 10.2 Å². The van der Waals surface area contributed by atoms with Crippen LogP contribution in [-0.2, 0) is 17.8 Å². The Morgan fingerprint density at radius 3 is 2.54 bits per heavy atom. The number of ether oxygens (including phenoxy) is 1. The zero-order chi connectivity index (χ0) is 19.8. The second kappa shape index (κ2) is 9.90. The molecule has 2 aromatic rings. The largest absolute Gasteiger partial charge is 0.450 e. The number of likely N-dealkylation sites (tertiary alicyclic amines) is 1. The molecule has 2 amide bonds. The van der Waals surface area contributed by atoms with Crippen LogP contribution in [0.2, 0.25) is 0 Å². The summed E-state index contributed by atoms with van der Waals surface area (Å²) in [5.41, 5.74) is 3.40. The van der Waals surface area contributed by atoms with Crippen molar-refractivity contribution in [2.75, 3.05) is 25.0 Å². The van der Waals surface area contributed by atoms with Gasteiger partial charge in [0.05, 0.1) is 6.61 Å². The van der Waals surface area contributed by atoms with Gasteiger partial charge >= 0.3 is 6.09 Å². The monoisotopic (exact) mass is 381 g/mol. The summed E-state index contributed by atoms with van der Waals surface area (Å²) in [5, 5.41) is 5.60. The third-order valence-electron chi connectivity index (χ3n) is 4.80. The van der Waals surface area contributed by atoms with Gasteiger partial charge in [0.1, 0.15) is 0 Å². The Morgan fingerprint density at radius 1 is 1.04 bits per heavy atom. The topological polar surface area (TPSA) is 70.7 Å². The third-order valence-corrected chi connectivity index (χ3v) is 4.80. The van der Waals surface area contributed by atoms with Crippen LogP contribution >= 0.6 is 0 Å². The van der Waals surface area contributed by atoms with Gasteiger partial charge in [-0.3, -0.25) is 15.0 Å². The van der Waals surface area contributed by atoms with Gasteiger partial charge in [-0.1, -0.05) is 30.3 Å². The standard InChI is InChI=1S/C22H27N3O3/c1-2-28-22(27)24-20-11-7-10-17(14-20)21(26)23-15-18-8-3-4-9-19(18)16-25-12-5-6-13-25/h3-4,7-11,14H,2,5-6,12-13,15-16H2,1H3,(H,23,26)(H,24,27). The van der Waals surface area contributed by atoms with E-state index in [1.807, 2.05) is 12.1 Å². The maximum absolute atomic E-state index is 12.6. The number of hydrogen-bond acceptors (Lipinski definition) is 4. The summed E-state index contributed by atoms with van der Waals surface area (Å²) in [6, 6.07) is 15.1. The highest BCUT2D eigenvalue weighted by atomic mass is 16.5. The molecule has 0 aromatic heterocycles. The Bertz CT molecular complexity index is 816. The van der Waals surface area contributed by atoms with Gasteiger partial charge in [0.15, 0.2) is 0 Å². The smallest absolute Gasteiger partial charge is 0.411 e. The maximum atomic E-state index is 12.6. The summed E-state index contributed by atoms with van der Waals surface area (Å²) in [6.07, 6.45) is 1.99. The Balaban J connectivity index is 1.60. The van der Waals surface area contributed by atoms with E-state index in [0.29, 0.717) is 24.4 Å². The van der Waals surface area contributed by atoms with Crippen molar-refractivity contribution in [2.45, 2.75) is 32.9 Å². The van der Waals surface area contributed by atoms with Crippen molar-refractivity contribution in [3.05, 3.63) is 65.2 Å². The highest BCUT2D eigenvalue weighted by molar-refractivity contribution is 5.96. The highest BCUT2D eigenvalue weighted by Gasteiger charge is 2.14. The number of carbonyl (C=O) groups excluding carboxylic acids is 2. The molecule has 148 valence electrons. The number of benzene rings is 2. The predicted octanol–water partition coefficient (Wildman–Crippen LogP) is 3.78. The molecule has 2 N–H and O–H groups in total. The van der Waals surface area contributed by atoms with Crippen LogP contribution in [0.5, 0.6) is 0 Å². The summed E-state index contributed by atoms with van der Waals surface area (Å²) in [7, 11) is 0. The molecule has 1 heterocycles. The minimum absolute atomic E-state index is 0.177. The number of anilines is 1. The lowest BCUT2D eigenvalue weighted by molar-refractivity contribution is 0.0950. The van der Waals surface area contributed by atoms with Crippen molar-refractivity contribution in [2.24, 2.45) is 0 Å². The van der Waals surface area contributed by atoms with Crippen molar-refractivity contribution in [3.8, 4) is 0 Å². The minimum atomic E-state index is -0.532. The van der Waals surface area contributed by atoms with Crippen LogP contribution in [0.25, 0.3) is 0 Å². The van der Waals surface area contributed by atoms with E-state index in [9.17, 15) is 9.59 Å². The van der Waals surface area contributed by atoms with E-state index < -0.39 is 6.09 Å². The zero-order valence-electron chi connectivity index (χ0n) is 16.2. The first-order valence-electron chi connectivity index (χ1n) is 9.77. The van der Waals surface area contributed by atoms with Crippen molar-refractivity contribution in [1.29, 1.82) is 0 Å². The lowest BCUT2D eigenvalue weighted by Crippen LogP contribution is -2.25. The number of nitrogens with one attached hydrogen (secondary N) is 2. The Hall–Kier alpha value is -2.86. The number of nitrogens with zero attached hydrogens (tertiary/aromatic N) is 1. The molecule has 1 aliphatic heterocycles. The van der Waals surface area contributed by atoms with Gasteiger partial charge < -0.3 is 10.1 Å². The maximum Gasteiger partial charge on any atom is 0.411 e. The van der Waals surface area contributed by atoms with E-state index in [0.717, 1.165) is 25.2 Å². The van der Waals surface area contributed by atoms with E-state index in [1.165, 1.54) is 18.4 Å². The summed E-state index contributed by atoms with van der Waals surface area (Å²) in [6.45, 7) is 5.71. The fraction of sp³-hybridized carbons (Fsp3) is 0.364. The third kappa shape index (κ3) is 5.57. The van der Waals surface area contributed by atoms with Crippen LogP contribution in [0.4, 0.5) is 10.5 Å². The fourth-order valence-electron chi connectivity index (χ4n) is 3.37. The van der Waals surface area contributed by atoms with Gasteiger partial charge in [0, 0.05) is 24.3 Å². The van der Waals surface area contributed by atoms with Crippen molar-refractivity contribution < 1.29 is 14.3 Å². The van der Waals surface area contributed by atoms with Gasteiger partial charge in [-0.05, 0) is 62.2 Å². The number of hydrogen-bond donors (Lipinski definition) is 2. The molecule has 3 rings (SSSR count). The van der Waals surface area contributed by atoms with Crippen LogP contribution in [0.1, 0.15) is 41.3 Å². The average Bonchev–Trinajstić information content (AvgIpc) is 3.20. The zero-order valence-corrected chi connectivity index (χ0v) is 16.2. The Kier molecular flexibility index (Phi) is 7.03. The molecule has 0 spiro atoms. The van der Waals surface area contributed by atoms with E-state index in [-0.39, 0.29) is 5.91 Å². The van der Waals surface area contributed by atoms with Gasteiger partial charge in [0.2, 0.25) is 0 Å². The minimum Gasteiger partial charge on any atom is -0.450 e. The summed E-state index contributed by atoms with van der Waals surface area (Å²) >= 11 is 0. The first kappa shape index (κ1) is 19.9. The Labute approximate surface area is 165 Å². The second-order valence-corrected chi connectivity index (χ2v) is 6.86. The molecule has 0 bridgehead atoms. The molecule has 0 saturated carbocycles. The quantitative estimate of drug-likeness (QED) is 0.766. The highest BCUT2D eigenvalue weighted by Crippen LogP contribution is 2.17. The van der Waals surface area contributed by atoms with Gasteiger partial charge in [-0.2, -0.15) is 0 Å². The Morgan fingerprint density at radius 2 is 1.79 bits per heavy atom. The first-order chi connectivity index (χ1) is 13.7. The number of amides is 2. The lowest BCUT2D eigenvalue weighted by Gasteiger charge is -2.17. The summed E-state index contributed by atoms with van der Waals surface area (Å²) in [4.78, 5) is 26.6. The van der Waals surface area contributed by atoms with E-state index in [4.69, 9.17) is 4.74 Å². The van der Waals surface area contributed by atoms with Crippen molar-refractivity contribution in [3.63, 3.8) is 0 Å². The van der Waals surface area contributed by atoms with Crippen LogP contribution < -0.4 is 10.6 Å². The number of rotatable bonds is 7. The first-order valence-corrected chi connectivity index (χ1v) is 9.77. The molecule has 0 aliphatic carbocycles. The normalized spacial score (nSPS) is 13.9. The summed E-state index contributed by atoms with van der Waals surface area (Å²) in [5.74, 6) is -0.177. The van der Waals surface area contributed by atoms with Crippen LogP contribution in [0.15, 0.2) is 48.5 Å². The average molecular weight is 381 g/mol. The molecule has 1 aliphatic rings. The fourth-order valence-corrected chi connectivity index (χ4v) is 3.37. The molecule has 1 saturated heterocycles. The van der Waals surface area contributed by atoms with E-state index in [1.54, 1.807) is 31.2 Å². The van der Waals surface area contributed by atoms with Gasteiger partial charge in [-0.25, -0.2) is 4.79 Å². The predicted molar refractivity (Wildman–Crippen MR) is 109 cm³/mol. The second-order valence-electron chi connectivity index (χ2n) is 6.86. The molecule has 0 atom stereocenters.